The van der Waals surface area contributed by atoms with Gasteiger partial charge in [0.05, 0.1) is 5.69 Å². The Morgan fingerprint density at radius 3 is 2.31 bits per heavy atom. The number of carbonyl (C=O) groups is 3. The molecular weight excluding hydrogens is 452 g/mol. The van der Waals surface area contributed by atoms with Crippen molar-refractivity contribution in [2.24, 2.45) is 0 Å². The number of amides is 4. The number of imide groups is 2. The fourth-order valence-corrected chi connectivity index (χ4v) is 4.18. The van der Waals surface area contributed by atoms with Crippen LogP contribution in [0.25, 0.3) is 16.8 Å². The third kappa shape index (κ3) is 4.61. The summed E-state index contributed by atoms with van der Waals surface area (Å²) in [6.07, 6.45) is 2.32. The van der Waals surface area contributed by atoms with Gasteiger partial charge in [-0.15, -0.1) is 0 Å². The molecule has 0 atom stereocenters. The first-order chi connectivity index (χ1) is 17.5. The van der Waals surface area contributed by atoms with Gasteiger partial charge in [0, 0.05) is 0 Å². The Morgan fingerprint density at radius 1 is 0.833 bits per heavy atom. The Bertz CT molecular complexity index is 1480. The molecule has 0 radical (unpaired) electrons. The number of hydrogen-bond donors (Lipinski definition) is 1. The maximum Gasteiger partial charge on any atom is 0.335 e. The summed E-state index contributed by atoms with van der Waals surface area (Å²) in [6, 6.07) is 27.7. The van der Waals surface area contributed by atoms with Crippen LogP contribution in [0.4, 0.5) is 10.5 Å². The van der Waals surface area contributed by atoms with E-state index in [1.165, 1.54) is 6.08 Å². The van der Waals surface area contributed by atoms with Gasteiger partial charge in [-0.3, -0.25) is 14.9 Å². The molecule has 4 amide bonds. The Kier molecular flexibility index (Phi) is 6.33. The molecule has 4 aromatic rings. The highest BCUT2D eigenvalue weighted by atomic mass is 16.5. The van der Waals surface area contributed by atoms with Crippen LogP contribution < -0.4 is 15.0 Å². The van der Waals surface area contributed by atoms with Crippen molar-refractivity contribution in [1.29, 1.82) is 0 Å². The summed E-state index contributed by atoms with van der Waals surface area (Å²) in [7, 11) is 0. The van der Waals surface area contributed by atoms with Crippen LogP contribution in [-0.4, -0.2) is 17.8 Å². The third-order valence-electron chi connectivity index (χ3n) is 6.17. The first kappa shape index (κ1) is 23.1. The van der Waals surface area contributed by atoms with Gasteiger partial charge in [-0.1, -0.05) is 73.7 Å². The molecule has 1 fully saturated rings. The predicted molar refractivity (Wildman–Crippen MR) is 140 cm³/mol. The number of rotatable bonds is 6. The average molecular weight is 477 g/mol. The maximum absolute atomic E-state index is 13.1. The van der Waals surface area contributed by atoms with Gasteiger partial charge in [-0.2, -0.15) is 0 Å². The molecule has 36 heavy (non-hydrogen) atoms. The second kappa shape index (κ2) is 9.88. The van der Waals surface area contributed by atoms with E-state index in [1.54, 1.807) is 36.4 Å². The molecule has 1 aliphatic rings. The quantitative estimate of drug-likeness (QED) is 0.288. The van der Waals surface area contributed by atoms with E-state index in [2.05, 4.69) is 23.5 Å². The van der Waals surface area contributed by atoms with Gasteiger partial charge in [-0.25, -0.2) is 9.69 Å². The molecule has 5 rings (SSSR count). The second-order valence-corrected chi connectivity index (χ2v) is 8.47. The Balaban J connectivity index is 1.33. The number of ether oxygens (including phenoxy) is 1. The van der Waals surface area contributed by atoms with E-state index < -0.39 is 17.8 Å². The smallest absolute Gasteiger partial charge is 0.335 e. The Morgan fingerprint density at radius 2 is 1.56 bits per heavy atom. The van der Waals surface area contributed by atoms with Crippen LogP contribution in [0.5, 0.6) is 5.75 Å². The summed E-state index contributed by atoms with van der Waals surface area (Å²) < 4.78 is 5.98. The van der Waals surface area contributed by atoms with Crippen LogP contribution in [0.3, 0.4) is 0 Å². The molecule has 1 saturated heterocycles. The van der Waals surface area contributed by atoms with Gasteiger partial charge in [0.25, 0.3) is 11.8 Å². The molecule has 1 N–H and O–H groups in total. The van der Waals surface area contributed by atoms with E-state index in [0.29, 0.717) is 23.6 Å². The molecule has 4 aromatic carbocycles. The van der Waals surface area contributed by atoms with Crippen molar-refractivity contribution in [2.75, 3.05) is 4.90 Å². The number of barbiturate groups is 1. The number of benzene rings is 4. The minimum absolute atomic E-state index is 0.112. The highest BCUT2D eigenvalue weighted by molar-refractivity contribution is 6.39. The van der Waals surface area contributed by atoms with Crippen molar-refractivity contribution in [3.8, 4) is 5.75 Å². The van der Waals surface area contributed by atoms with Gasteiger partial charge in [0.15, 0.2) is 0 Å². The van der Waals surface area contributed by atoms with Crippen LogP contribution in [0.1, 0.15) is 23.6 Å². The zero-order chi connectivity index (χ0) is 25.1. The molecule has 6 nitrogen and oxygen atoms in total. The molecule has 1 aliphatic heterocycles. The van der Waals surface area contributed by atoms with Crippen LogP contribution in [0.15, 0.2) is 96.6 Å². The minimum atomic E-state index is -0.761. The maximum atomic E-state index is 13.1. The largest absolute Gasteiger partial charge is 0.489 e. The lowest BCUT2D eigenvalue weighted by Crippen LogP contribution is -2.54. The van der Waals surface area contributed by atoms with Crippen molar-refractivity contribution >= 4 is 40.4 Å². The second-order valence-electron chi connectivity index (χ2n) is 8.47. The summed E-state index contributed by atoms with van der Waals surface area (Å²) in [5.41, 5.74) is 3.10. The van der Waals surface area contributed by atoms with E-state index in [1.807, 2.05) is 43.3 Å². The van der Waals surface area contributed by atoms with Gasteiger partial charge in [0.1, 0.15) is 17.9 Å². The molecule has 1 heterocycles. The summed E-state index contributed by atoms with van der Waals surface area (Å²) in [6.45, 7) is 2.43. The average Bonchev–Trinajstić information content (AvgIpc) is 2.91. The predicted octanol–water partition coefficient (Wildman–Crippen LogP) is 5.65. The van der Waals surface area contributed by atoms with E-state index in [4.69, 9.17) is 4.74 Å². The third-order valence-corrected chi connectivity index (χ3v) is 6.17. The van der Waals surface area contributed by atoms with Crippen LogP contribution in [0, 0.1) is 0 Å². The van der Waals surface area contributed by atoms with Crippen LogP contribution in [-0.2, 0) is 22.6 Å². The standard InChI is InChI=1S/C30H24N2O4/c1-2-20-10-14-24(15-11-20)32-29(34)27(28(33)31-30(32)35)18-21-12-16-25(17-13-21)36-19-23-8-5-7-22-6-3-4-9-26(22)23/h3-18H,2,19H2,1H3,(H,31,33,35)/b27-18-. The molecule has 178 valence electrons. The molecule has 0 saturated carbocycles. The van der Waals surface area contributed by atoms with E-state index in [9.17, 15) is 14.4 Å². The van der Waals surface area contributed by atoms with Crippen molar-refractivity contribution in [1.82, 2.24) is 5.32 Å². The van der Waals surface area contributed by atoms with Crippen molar-refractivity contribution in [2.45, 2.75) is 20.0 Å². The fourth-order valence-electron chi connectivity index (χ4n) is 4.18. The summed E-state index contributed by atoms with van der Waals surface area (Å²) >= 11 is 0. The number of carbonyl (C=O) groups excluding carboxylic acids is 3. The molecule has 0 bridgehead atoms. The summed E-state index contributed by atoms with van der Waals surface area (Å²) in [4.78, 5) is 38.9. The Labute approximate surface area is 208 Å². The van der Waals surface area contributed by atoms with Crippen LogP contribution in [0.2, 0.25) is 0 Å². The van der Waals surface area contributed by atoms with Crippen LogP contribution >= 0.6 is 0 Å². The van der Waals surface area contributed by atoms with Gasteiger partial charge in [0.2, 0.25) is 0 Å². The number of fused-ring (bicyclic) bond motifs is 1. The molecule has 0 aromatic heterocycles. The molecule has 0 aliphatic carbocycles. The zero-order valence-electron chi connectivity index (χ0n) is 19.7. The fraction of sp³-hybridized carbons (Fsp3) is 0.100. The minimum Gasteiger partial charge on any atom is -0.489 e. The van der Waals surface area contributed by atoms with Gasteiger partial charge in [-0.05, 0) is 64.2 Å². The summed E-state index contributed by atoms with van der Waals surface area (Å²) in [5.74, 6) is -0.718. The lowest BCUT2D eigenvalue weighted by Gasteiger charge is -2.26. The number of nitrogens with zero attached hydrogens (tertiary/aromatic N) is 1. The SMILES string of the molecule is CCc1ccc(N2C(=O)NC(=O)/C(=C/c3ccc(OCc4cccc5ccccc45)cc3)C2=O)cc1. The lowest BCUT2D eigenvalue weighted by molar-refractivity contribution is -0.122. The van der Waals surface area contributed by atoms with E-state index in [0.717, 1.165) is 33.2 Å². The number of nitrogens with one attached hydrogen (secondary N) is 1. The van der Waals surface area contributed by atoms with E-state index >= 15 is 0 Å². The number of hydrogen-bond acceptors (Lipinski definition) is 4. The van der Waals surface area contributed by atoms with Gasteiger partial charge < -0.3 is 4.74 Å². The molecule has 0 unspecified atom stereocenters. The topological polar surface area (TPSA) is 75.7 Å². The van der Waals surface area contributed by atoms with Gasteiger partial charge >= 0.3 is 6.03 Å². The highest BCUT2D eigenvalue weighted by Gasteiger charge is 2.36. The first-order valence-electron chi connectivity index (χ1n) is 11.7. The monoisotopic (exact) mass is 476 g/mol. The first-order valence-corrected chi connectivity index (χ1v) is 11.7. The number of aryl methyl sites for hydroxylation is 1. The number of anilines is 1. The summed E-state index contributed by atoms with van der Waals surface area (Å²) in [5, 5.41) is 4.56. The molecular formula is C30H24N2O4. The van der Waals surface area contributed by atoms with Crippen molar-refractivity contribution < 1.29 is 19.1 Å². The highest BCUT2D eigenvalue weighted by Crippen LogP contribution is 2.24. The van der Waals surface area contributed by atoms with Crippen molar-refractivity contribution in [3.63, 3.8) is 0 Å². The van der Waals surface area contributed by atoms with E-state index in [-0.39, 0.29) is 5.57 Å². The normalized spacial score (nSPS) is 14.9. The zero-order valence-corrected chi connectivity index (χ0v) is 19.7. The molecule has 0 spiro atoms. The molecule has 6 heteroatoms. The van der Waals surface area contributed by atoms with Crippen molar-refractivity contribution in [3.05, 3.63) is 113 Å². The Hall–Kier alpha value is -4.71. The number of urea groups is 1. The lowest BCUT2D eigenvalue weighted by atomic mass is 10.1.